The summed E-state index contributed by atoms with van der Waals surface area (Å²) in [5.74, 6) is -0.259. The molecule has 0 radical (unpaired) electrons. The zero-order valence-electron chi connectivity index (χ0n) is 18.1. The number of fused-ring (bicyclic) bond motifs is 1. The number of carbonyl (C=O) groups is 1. The normalized spacial score (nSPS) is 25.2. The summed E-state index contributed by atoms with van der Waals surface area (Å²) < 4.78 is 11.0. The number of rotatable bonds is 4. The van der Waals surface area contributed by atoms with E-state index >= 15 is 0 Å². The van der Waals surface area contributed by atoms with Gasteiger partial charge in [-0.15, -0.1) is 0 Å². The van der Waals surface area contributed by atoms with Crippen LogP contribution >= 0.6 is 0 Å². The van der Waals surface area contributed by atoms with E-state index in [0.717, 1.165) is 11.1 Å². The number of aliphatic hydroxyl groups excluding tert-OH is 4. The topological polar surface area (TPSA) is 149 Å². The van der Waals surface area contributed by atoms with Crippen LogP contribution in [0.2, 0.25) is 0 Å². The van der Waals surface area contributed by atoms with E-state index in [1.165, 1.54) is 18.2 Å². The Labute approximate surface area is 188 Å². The molecule has 0 aliphatic carbocycles. The maximum atomic E-state index is 12.6. The number of aryl methyl sites for hydroxylation is 2. The van der Waals surface area contributed by atoms with Gasteiger partial charge in [0.15, 0.2) is 11.7 Å². The van der Waals surface area contributed by atoms with Crippen molar-refractivity contribution in [1.29, 1.82) is 0 Å². The van der Waals surface area contributed by atoms with Crippen LogP contribution in [0.3, 0.4) is 0 Å². The van der Waals surface area contributed by atoms with E-state index in [-0.39, 0.29) is 11.0 Å². The van der Waals surface area contributed by atoms with E-state index in [4.69, 9.17) is 14.3 Å². The summed E-state index contributed by atoms with van der Waals surface area (Å²) in [5, 5.41) is 42.3. The summed E-state index contributed by atoms with van der Waals surface area (Å²) in [6.07, 6.45) is -5.78. The quantitative estimate of drug-likeness (QED) is 0.384. The molecule has 1 saturated heterocycles. The Balaban J connectivity index is 1.55. The highest BCUT2D eigenvalue weighted by molar-refractivity contribution is 5.95. The summed E-state index contributed by atoms with van der Waals surface area (Å²) in [5.41, 5.74) is 2.95. The van der Waals surface area contributed by atoms with Crippen LogP contribution in [0.25, 0.3) is 22.3 Å². The molecule has 1 aliphatic rings. The zero-order valence-corrected chi connectivity index (χ0v) is 18.1. The van der Waals surface area contributed by atoms with Crippen molar-refractivity contribution in [3.05, 3.63) is 69.4 Å². The number of carbonyl (C=O) groups excluding carboxylic acids is 1. The number of hydrogen-bond donors (Lipinski definition) is 5. The second-order valence-corrected chi connectivity index (χ2v) is 8.24. The van der Waals surface area contributed by atoms with Crippen molar-refractivity contribution in [2.45, 2.75) is 44.5 Å². The number of hydrogen-bond acceptors (Lipinski definition) is 8. The molecule has 1 fully saturated rings. The molecule has 174 valence electrons. The van der Waals surface area contributed by atoms with Gasteiger partial charge in [0, 0.05) is 17.2 Å². The molecule has 1 amide bonds. The first-order valence-electron chi connectivity index (χ1n) is 10.5. The third-order valence-electron chi connectivity index (χ3n) is 5.79. The van der Waals surface area contributed by atoms with Crippen LogP contribution in [0.5, 0.6) is 0 Å². The maximum Gasteiger partial charge on any atom is 0.251 e. The maximum absolute atomic E-state index is 12.6. The van der Waals surface area contributed by atoms with Crippen LogP contribution in [0.15, 0.2) is 51.7 Å². The smallest absolute Gasteiger partial charge is 0.251 e. The Hall–Kier alpha value is -3.08. The summed E-state index contributed by atoms with van der Waals surface area (Å²) in [7, 11) is 0. The van der Waals surface area contributed by atoms with Crippen molar-refractivity contribution < 1.29 is 34.4 Å². The first-order valence-corrected chi connectivity index (χ1v) is 10.5. The largest absolute Gasteiger partial charge is 0.456 e. The van der Waals surface area contributed by atoms with Gasteiger partial charge in [-0.2, -0.15) is 0 Å². The molecule has 33 heavy (non-hydrogen) atoms. The van der Waals surface area contributed by atoms with E-state index in [9.17, 15) is 24.9 Å². The van der Waals surface area contributed by atoms with Gasteiger partial charge in [0.25, 0.3) is 5.91 Å². The first-order chi connectivity index (χ1) is 15.7. The van der Waals surface area contributed by atoms with Gasteiger partial charge in [-0.05, 0) is 43.2 Å². The highest BCUT2D eigenvalue weighted by Gasteiger charge is 2.44. The lowest BCUT2D eigenvalue weighted by atomic mass is 9.96. The van der Waals surface area contributed by atoms with Gasteiger partial charge < -0.3 is 34.9 Å². The highest BCUT2D eigenvalue weighted by atomic mass is 16.6. The van der Waals surface area contributed by atoms with Gasteiger partial charge in [0.1, 0.15) is 35.7 Å². The summed E-state index contributed by atoms with van der Waals surface area (Å²) >= 11 is 0. The second-order valence-electron chi connectivity index (χ2n) is 8.24. The summed E-state index contributed by atoms with van der Waals surface area (Å²) in [6.45, 7) is 3.18. The van der Waals surface area contributed by atoms with E-state index in [2.05, 4.69) is 5.32 Å². The van der Waals surface area contributed by atoms with Crippen molar-refractivity contribution in [2.75, 3.05) is 6.61 Å². The lowest BCUT2D eigenvalue weighted by molar-refractivity contribution is -0.252. The van der Waals surface area contributed by atoms with Gasteiger partial charge >= 0.3 is 0 Å². The number of amides is 1. The number of ether oxygens (including phenoxy) is 1. The Kier molecular flexibility index (Phi) is 6.33. The van der Waals surface area contributed by atoms with E-state index in [0.29, 0.717) is 22.3 Å². The third-order valence-corrected chi connectivity index (χ3v) is 5.79. The van der Waals surface area contributed by atoms with E-state index in [1.807, 2.05) is 19.9 Å². The minimum atomic E-state index is -1.61. The summed E-state index contributed by atoms with van der Waals surface area (Å²) in [4.78, 5) is 25.2. The Morgan fingerprint density at radius 3 is 2.39 bits per heavy atom. The van der Waals surface area contributed by atoms with Crippen molar-refractivity contribution in [1.82, 2.24) is 5.32 Å². The lowest BCUT2D eigenvalue weighted by Gasteiger charge is -2.40. The Bertz CT molecular complexity index is 1240. The molecule has 3 unspecified atom stereocenters. The van der Waals surface area contributed by atoms with Crippen molar-refractivity contribution in [3.63, 3.8) is 0 Å². The molecule has 5 atom stereocenters. The predicted molar refractivity (Wildman–Crippen MR) is 119 cm³/mol. The van der Waals surface area contributed by atoms with Crippen molar-refractivity contribution in [3.8, 4) is 11.3 Å². The van der Waals surface area contributed by atoms with E-state index in [1.54, 1.807) is 18.2 Å². The fourth-order valence-electron chi connectivity index (χ4n) is 4.02. The Morgan fingerprint density at radius 1 is 1.03 bits per heavy atom. The summed E-state index contributed by atoms with van der Waals surface area (Å²) in [6, 6.07) is 10.1. The first kappa shape index (κ1) is 23.1. The number of aliphatic hydroxyl groups is 4. The van der Waals surface area contributed by atoms with Crippen LogP contribution in [-0.2, 0) is 4.74 Å². The zero-order chi connectivity index (χ0) is 23.9. The molecular weight excluding hydrogens is 430 g/mol. The minimum absolute atomic E-state index is 0.167. The number of nitrogens with one attached hydrogen (secondary N) is 1. The highest BCUT2D eigenvalue weighted by Crippen LogP contribution is 2.26. The van der Waals surface area contributed by atoms with Gasteiger partial charge in [0.05, 0.1) is 12.0 Å². The number of benzene rings is 2. The second kappa shape index (κ2) is 9.05. The monoisotopic (exact) mass is 455 g/mol. The molecule has 0 spiro atoms. The minimum Gasteiger partial charge on any atom is -0.456 e. The fraction of sp³-hybridized carbons (Fsp3) is 0.333. The fourth-order valence-corrected chi connectivity index (χ4v) is 4.02. The molecule has 0 bridgehead atoms. The van der Waals surface area contributed by atoms with Crippen LogP contribution in [0.4, 0.5) is 0 Å². The van der Waals surface area contributed by atoms with Crippen LogP contribution in [-0.4, -0.2) is 63.6 Å². The van der Waals surface area contributed by atoms with Gasteiger partial charge in [-0.25, -0.2) is 0 Å². The van der Waals surface area contributed by atoms with Crippen LogP contribution < -0.4 is 10.7 Å². The lowest BCUT2D eigenvalue weighted by Crippen LogP contribution is -2.64. The molecular formula is C24H25NO8. The van der Waals surface area contributed by atoms with Crippen LogP contribution in [0.1, 0.15) is 21.5 Å². The van der Waals surface area contributed by atoms with E-state index < -0.39 is 43.2 Å². The van der Waals surface area contributed by atoms with Crippen LogP contribution in [0, 0.1) is 13.8 Å². The molecule has 5 N–H and O–H groups in total. The third kappa shape index (κ3) is 4.41. The molecule has 4 rings (SSSR count). The van der Waals surface area contributed by atoms with Gasteiger partial charge in [-0.3, -0.25) is 9.59 Å². The van der Waals surface area contributed by atoms with Crippen molar-refractivity contribution in [2.24, 2.45) is 0 Å². The Morgan fingerprint density at radius 2 is 1.73 bits per heavy atom. The average Bonchev–Trinajstić information content (AvgIpc) is 2.79. The molecule has 0 saturated carbocycles. The molecule has 2 aromatic carbocycles. The average molecular weight is 455 g/mol. The predicted octanol–water partition coefficient (Wildman–Crippen LogP) is 0.607. The molecule has 9 heteroatoms. The molecule has 3 aromatic rings. The van der Waals surface area contributed by atoms with Crippen molar-refractivity contribution >= 4 is 16.9 Å². The van der Waals surface area contributed by atoms with Gasteiger partial charge in [0.2, 0.25) is 0 Å². The molecule has 1 aliphatic heterocycles. The molecule has 2 heterocycles. The molecule has 9 nitrogen and oxygen atoms in total. The van der Waals surface area contributed by atoms with Gasteiger partial charge in [-0.1, -0.05) is 18.2 Å². The standard InChI is InChI=1S/C24H25NO8/c1-11-7-12(2)22-15(8-11)16(27)9-17(32-22)13-3-5-14(6-4-13)23(30)25-19-21(29)20(28)18(10-26)33-24(19)31/h3-9,18-21,24,26,28-29,31H,10H2,1-2H3,(H,25,30)/t18-,19?,20?,21-,24?/m1/s1. The SMILES string of the molecule is Cc1cc(C)c2oc(-c3ccc(C(=O)NC4C(O)O[C@H](CO)C(O)[C@@H]4O)cc3)cc(=O)c2c1. The molecule has 1 aromatic heterocycles.